The van der Waals surface area contributed by atoms with E-state index in [-0.39, 0.29) is 0 Å². The van der Waals surface area contributed by atoms with Crippen molar-refractivity contribution < 1.29 is 4.74 Å². The predicted molar refractivity (Wildman–Crippen MR) is 91.4 cm³/mol. The van der Waals surface area contributed by atoms with E-state index >= 15 is 0 Å². The topological polar surface area (TPSA) is 9.23 Å². The summed E-state index contributed by atoms with van der Waals surface area (Å²) in [7, 11) is -0.486. The summed E-state index contributed by atoms with van der Waals surface area (Å²) in [4.78, 5) is 0. The Hall–Kier alpha value is -1.17. The standard InChI is InChI=1S/C17H22OSi2/c19-20(15-9-3-1-4-10-15,16-11-5-2-6-12-16)17-13-7-8-14-18-17/h1-6,9-12,17H,7-8,13-14H2,19H3. The number of benzene rings is 2. The van der Waals surface area contributed by atoms with Gasteiger partial charge in [0.1, 0.15) is 7.59 Å². The van der Waals surface area contributed by atoms with Crippen molar-refractivity contribution in [1.82, 2.24) is 0 Å². The van der Waals surface area contributed by atoms with E-state index in [1.807, 2.05) is 0 Å². The van der Waals surface area contributed by atoms with E-state index < -0.39 is 7.59 Å². The molecule has 1 heterocycles. The number of ether oxygens (including phenoxy) is 1. The average molecular weight is 299 g/mol. The van der Waals surface area contributed by atoms with Gasteiger partial charge in [-0.25, -0.2) is 0 Å². The summed E-state index contributed by atoms with van der Waals surface area (Å²) in [5.74, 6) is 0. The average Bonchev–Trinajstić information content (AvgIpc) is 2.56. The molecule has 1 saturated heterocycles. The van der Waals surface area contributed by atoms with E-state index in [4.69, 9.17) is 4.74 Å². The van der Waals surface area contributed by atoms with Crippen molar-refractivity contribution in [3.8, 4) is 0 Å². The zero-order valence-corrected chi connectivity index (χ0v) is 15.1. The predicted octanol–water partition coefficient (Wildman–Crippen LogP) is 1.22. The smallest absolute Gasteiger partial charge is 0.130 e. The normalized spacial score (nSPS) is 19.9. The number of hydrogen-bond acceptors (Lipinski definition) is 1. The lowest BCUT2D eigenvalue weighted by atomic mass is 10.2. The van der Waals surface area contributed by atoms with E-state index in [2.05, 4.69) is 60.7 Å². The first-order valence-corrected chi connectivity index (χ1v) is 13.1. The van der Waals surface area contributed by atoms with Gasteiger partial charge in [0.05, 0.1) is 5.73 Å². The van der Waals surface area contributed by atoms with Gasteiger partial charge in [0.15, 0.2) is 0 Å². The van der Waals surface area contributed by atoms with Crippen LogP contribution < -0.4 is 10.4 Å². The fourth-order valence-corrected chi connectivity index (χ4v) is 10.7. The van der Waals surface area contributed by atoms with Crippen molar-refractivity contribution in [2.45, 2.75) is 25.0 Å². The molecule has 0 aromatic heterocycles. The molecule has 104 valence electrons. The van der Waals surface area contributed by atoms with Crippen molar-refractivity contribution in [1.29, 1.82) is 0 Å². The van der Waals surface area contributed by atoms with Crippen LogP contribution in [0, 0.1) is 0 Å². The van der Waals surface area contributed by atoms with Gasteiger partial charge in [-0.3, -0.25) is 0 Å². The van der Waals surface area contributed by atoms with Crippen molar-refractivity contribution in [2.75, 3.05) is 6.61 Å². The molecule has 20 heavy (non-hydrogen) atoms. The third-order valence-electron chi connectivity index (χ3n) is 4.57. The third kappa shape index (κ3) is 2.53. The molecule has 0 amide bonds. The molecular weight excluding hydrogens is 276 g/mol. The van der Waals surface area contributed by atoms with Crippen molar-refractivity contribution in [3.05, 3.63) is 60.7 Å². The molecule has 0 saturated carbocycles. The first-order chi connectivity index (χ1) is 9.82. The molecule has 1 nitrogen and oxygen atoms in total. The van der Waals surface area contributed by atoms with Crippen LogP contribution in [0.5, 0.6) is 0 Å². The van der Waals surface area contributed by atoms with Gasteiger partial charge in [0.2, 0.25) is 0 Å². The van der Waals surface area contributed by atoms with Crippen LogP contribution in [0.2, 0.25) is 0 Å². The molecule has 0 N–H and O–H groups in total. The highest BCUT2D eigenvalue weighted by Crippen LogP contribution is 2.20. The number of rotatable bonds is 3. The maximum Gasteiger partial charge on any atom is 0.130 e. The second kappa shape index (κ2) is 6.08. The zero-order valence-electron chi connectivity index (χ0n) is 12.1. The summed E-state index contributed by atoms with van der Waals surface area (Å²) in [6.07, 6.45) is 3.78. The summed E-state index contributed by atoms with van der Waals surface area (Å²) in [5, 5.41) is 3.09. The lowest BCUT2D eigenvalue weighted by Crippen LogP contribution is -2.68. The molecule has 1 unspecified atom stereocenters. The molecule has 3 rings (SSSR count). The van der Waals surface area contributed by atoms with E-state index in [9.17, 15) is 0 Å². The second-order valence-corrected chi connectivity index (χ2v) is 14.7. The minimum absolute atomic E-state index is 0.465. The summed E-state index contributed by atoms with van der Waals surface area (Å²) in [6.45, 7) is 0.946. The maximum atomic E-state index is 6.25. The Balaban J connectivity index is 2.07. The Morgan fingerprint density at radius 3 is 1.85 bits per heavy atom. The molecule has 1 aliphatic rings. The molecule has 2 aromatic rings. The Morgan fingerprint density at radius 2 is 1.40 bits per heavy atom. The highest BCUT2D eigenvalue weighted by molar-refractivity contribution is 7.32. The van der Waals surface area contributed by atoms with Crippen molar-refractivity contribution in [2.24, 2.45) is 0 Å². The lowest BCUT2D eigenvalue weighted by molar-refractivity contribution is 0.0633. The minimum Gasteiger partial charge on any atom is -0.381 e. The summed E-state index contributed by atoms with van der Waals surface area (Å²) in [6, 6.07) is 22.3. The van der Waals surface area contributed by atoms with Gasteiger partial charge >= 0.3 is 0 Å². The van der Waals surface area contributed by atoms with Crippen LogP contribution in [-0.2, 0) is 4.74 Å². The Kier molecular flexibility index (Phi) is 4.19. The van der Waals surface area contributed by atoms with Crippen LogP contribution in [-0.4, -0.2) is 29.7 Å². The molecule has 0 spiro atoms. The molecule has 0 aliphatic carbocycles. The van der Waals surface area contributed by atoms with Crippen molar-refractivity contribution >= 4 is 27.7 Å². The van der Waals surface area contributed by atoms with Gasteiger partial charge in [-0.15, -0.1) is 0 Å². The molecule has 3 heteroatoms. The fraction of sp³-hybridized carbons (Fsp3) is 0.294. The monoisotopic (exact) mass is 298 g/mol. The largest absolute Gasteiger partial charge is 0.381 e. The Morgan fingerprint density at radius 1 is 0.850 bits per heavy atom. The number of hydrogen-bond donors (Lipinski definition) is 0. The summed E-state index contributed by atoms with van der Waals surface area (Å²) in [5.41, 5.74) is 0.465. The zero-order chi connectivity index (χ0) is 13.8. The van der Waals surface area contributed by atoms with Gasteiger partial charge in [-0.05, 0) is 19.3 Å². The maximum absolute atomic E-state index is 6.25. The Bertz CT molecular complexity index is 496. The third-order valence-corrected chi connectivity index (χ3v) is 14.8. The van der Waals surface area contributed by atoms with Gasteiger partial charge in [-0.1, -0.05) is 71.0 Å². The van der Waals surface area contributed by atoms with E-state index in [1.165, 1.54) is 29.0 Å². The van der Waals surface area contributed by atoms with E-state index in [1.54, 1.807) is 10.4 Å². The van der Waals surface area contributed by atoms with E-state index in [0.717, 1.165) is 6.61 Å². The highest BCUT2D eigenvalue weighted by atomic mass is 29.2. The lowest BCUT2D eigenvalue weighted by Gasteiger charge is -2.39. The van der Waals surface area contributed by atoms with Crippen LogP contribution in [0.15, 0.2) is 60.7 Å². The first-order valence-electron chi connectivity index (χ1n) is 7.54. The molecule has 2 aromatic carbocycles. The quantitative estimate of drug-likeness (QED) is 0.774. The summed E-state index contributed by atoms with van der Waals surface area (Å²) < 4.78 is 6.25. The van der Waals surface area contributed by atoms with Gasteiger partial charge in [0, 0.05) is 16.4 Å². The van der Waals surface area contributed by atoms with Gasteiger partial charge in [0.25, 0.3) is 0 Å². The fourth-order valence-electron chi connectivity index (χ4n) is 3.30. The highest BCUT2D eigenvalue weighted by Gasteiger charge is 2.41. The SMILES string of the molecule is [SiH3][Si](c1ccccc1)(c1ccccc1)C1CCCCO1. The molecule has 0 bridgehead atoms. The van der Waals surface area contributed by atoms with Crippen LogP contribution in [0.1, 0.15) is 19.3 Å². The van der Waals surface area contributed by atoms with Crippen LogP contribution in [0.3, 0.4) is 0 Å². The molecular formula is C17H22OSi2. The van der Waals surface area contributed by atoms with Crippen LogP contribution in [0.25, 0.3) is 0 Å². The van der Waals surface area contributed by atoms with Crippen LogP contribution >= 0.6 is 0 Å². The molecule has 1 fully saturated rings. The molecule has 1 aliphatic heterocycles. The first kappa shape index (κ1) is 13.8. The minimum atomic E-state index is -1.68. The molecule has 0 radical (unpaired) electrons. The Labute approximate surface area is 125 Å². The van der Waals surface area contributed by atoms with Crippen LogP contribution in [0.4, 0.5) is 0 Å². The van der Waals surface area contributed by atoms with Crippen molar-refractivity contribution in [3.63, 3.8) is 0 Å². The van der Waals surface area contributed by atoms with E-state index in [0.29, 0.717) is 5.73 Å². The van der Waals surface area contributed by atoms with Gasteiger partial charge in [-0.2, -0.15) is 0 Å². The van der Waals surface area contributed by atoms with Gasteiger partial charge < -0.3 is 4.74 Å². The summed E-state index contributed by atoms with van der Waals surface area (Å²) >= 11 is 0. The second-order valence-electron chi connectivity index (χ2n) is 5.79. The molecule has 1 atom stereocenters.